The molecule has 86 valence electrons. The van der Waals surface area contributed by atoms with Gasteiger partial charge in [-0.25, -0.2) is 9.69 Å². The Bertz CT molecular complexity index is 293. The van der Waals surface area contributed by atoms with E-state index in [4.69, 9.17) is 39.5 Å². The molecule has 7 heteroatoms. The number of alkyl halides is 3. The second-order valence-corrected chi connectivity index (χ2v) is 6.15. The molecule has 15 heavy (non-hydrogen) atoms. The average Bonchev–Trinajstić information content (AvgIpc) is 2.64. The summed E-state index contributed by atoms with van der Waals surface area (Å²) in [5, 5.41) is 9.31. The highest BCUT2D eigenvalue weighted by Crippen LogP contribution is 2.46. The van der Waals surface area contributed by atoms with Crippen LogP contribution in [0.1, 0.15) is 12.8 Å². The zero-order chi connectivity index (χ0) is 11.3. The molecule has 2 atom stereocenters. The van der Waals surface area contributed by atoms with Crippen molar-refractivity contribution in [3.8, 4) is 0 Å². The first-order chi connectivity index (χ1) is 6.92. The van der Waals surface area contributed by atoms with Crippen molar-refractivity contribution >= 4 is 40.8 Å². The molecule has 2 aliphatic rings. The molecule has 0 bridgehead atoms. The SMILES string of the molecule is O=C1O[C@H](C(Cl)(Cl)Cl)N2CCC[C@@]12CO. The van der Waals surface area contributed by atoms with E-state index in [1.807, 2.05) is 0 Å². The minimum Gasteiger partial charge on any atom is -0.440 e. The van der Waals surface area contributed by atoms with Crippen LogP contribution in [0.2, 0.25) is 0 Å². The van der Waals surface area contributed by atoms with Crippen molar-refractivity contribution in [2.24, 2.45) is 0 Å². The number of rotatable bonds is 1. The van der Waals surface area contributed by atoms with Crippen molar-refractivity contribution in [3.05, 3.63) is 0 Å². The van der Waals surface area contributed by atoms with E-state index in [0.29, 0.717) is 13.0 Å². The second kappa shape index (κ2) is 3.64. The van der Waals surface area contributed by atoms with E-state index in [1.165, 1.54) is 0 Å². The van der Waals surface area contributed by atoms with Crippen molar-refractivity contribution in [2.45, 2.75) is 28.4 Å². The highest BCUT2D eigenvalue weighted by Gasteiger charge is 2.62. The van der Waals surface area contributed by atoms with Crippen molar-refractivity contribution in [1.82, 2.24) is 4.90 Å². The van der Waals surface area contributed by atoms with Crippen LogP contribution in [0.15, 0.2) is 0 Å². The van der Waals surface area contributed by atoms with Crippen LogP contribution in [0.25, 0.3) is 0 Å². The van der Waals surface area contributed by atoms with E-state index in [2.05, 4.69) is 0 Å². The number of cyclic esters (lactones) is 1. The highest BCUT2D eigenvalue weighted by molar-refractivity contribution is 6.68. The van der Waals surface area contributed by atoms with Crippen molar-refractivity contribution in [1.29, 1.82) is 0 Å². The van der Waals surface area contributed by atoms with Crippen LogP contribution < -0.4 is 0 Å². The molecule has 2 saturated heterocycles. The van der Waals surface area contributed by atoms with Gasteiger partial charge in [0.05, 0.1) is 6.61 Å². The largest absolute Gasteiger partial charge is 0.440 e. The lowest BCUT2D eigenvalue weighted by Crippen LogP contribution is -2.51. The molecule has 2 rings (SSSR count). The number of aliphatic hydroxyl groups excluding tert-OH is 1. The number of carbonyl (C=O) groups is 1. The summed E-state index contributed by atoms with van der Waals surface area (Å²) in [4.78, 5) is 13.3. The third-order valence-corrected chi connectivity index (χ3v) is 3.52. The Morgan fingerprint density at radius 1 is 1.60 bits per heavy atom. The minimum atomic E-state index is -1.68. The number of hydrogen-bond donors (Lipinski definition) is 1. The predicted molar refractivity (Wildman–Crippen MR) is 55.9 cm³/mol. The molecule has 1 N–H and O–H groups in total. The topological polar surface area (TPSA) is 49.8 Å². The maximum atomic E-state index is 11.7. The number of hydrogen-bond acceptors (Lipinski definition) is 4. The fourth-order valence-corrected chi connectivity index (χ4v) is 2.70. The molecular weight excluding hydrogens is 264 g/mol. The minimum absolute atomic E-state index is 0.302. The molecule has 0 unspecified atom stereocenters. The molecule has 0 aromatic rings. The summed E-state index contributed by atoms with van der Waals surface area (Å²) in [6.07, 6.45) is 0.427. The molecule has 2 heterocycles. The summed E-state index contributed by atoms with van der Waals surface area (Å²) in [6, 6.07) is 0. The van der Waals surface area contributed by atoms with Crippen LogP contribution in [-0.2, 0) is 9.53 Å². The van der Waals surface area contributed by atoms with E-state index in [9.17, 15) is 9.90 Å². The molecular formula is C8H10Cl3NO3. The lowest BCUT2D eigenvalue weighted by atomic mass is 9.99. The van der Waals surface area contributed by atoms with Gasteiger partial charge >= 0.3 is 5.97 Å². The van der Waals surface area contributed by atoms with Crippen LogP contribution in [0.4, 0.5) is 0 Å². The first-order valence-corrected chi connectivity index (χ1v) is 5.70. The Labute approximate surface area is 102 Å². The molecule has 0 saturated carbocycles. The van der Waals surface area contributed by atoms with Gasteiger partial charge in [0.25, 0.3) is 0 Å². The Kier molecular flexibility index (Phi) is 2.84. The number of halogens is 3. The highest BCUT2D eigenvalue weighted by atomic mass is 35.6. The number of ether oxygens (including phenoxy) is 1. The normalized spacial score (nSPS) is 36.8. The first-order valence-electron chi connectivity index (χ1n) is 4.57. The molecule has 4 nitrogen and oxygen atoms in total. The maximum Gasteiger partial charge on any atom is 0.330 e. The molecule has 0 aromatic heterocycles. The summed E-state index contributed by atoms with van der Waals surface area (Å²) in [7, 11) is 0. The molecule has 0 radical (unpaired) electrons. The van der Waals surface area contributed by atoms with Gasteiger partial charge in [0, 0.05) is 6.54 Å². The van der Waals surface area contributed by atoms with E-state index in [1.54, 1.807) is 4.90 Å². The van der Waals surface area contributed by atoms with Gasteiger partial charge in [-0.15, -0.1) is 0 Å². The van der Waals surface area contributed by atoms with E-state index in [0.717, 1.165) is 6.42 Å². The average molecular weight is 275 g/mol. The number of nitrogens with zero attached hydrogens (tertiary/aromatic N) is 1. The van der Waals surface area contributed by atoms with Gasteiger partial charge in [0.1, 0.15) is 5.54 Å². The zero-order valence-corrected chi connectivity index (χ0v) is 10.0. The summed E-state index contributed by atoms with van der Waals surface area (Å²) in [6.45, 7) is 0.286. The van der Waals surface area contributed by atoms with Crippen molar-refractivity contribution in [3.63, 3.8) is 0 Å². The fourth-order valence-electron chi connectivity index (χ4n) is 2.21. The van der Waals surface area contributed by atoms with Crippen LogP contribution in [0.3, 0.4) is 0 Å². The quantitative estimate of drug-likeness (QED) is 0.574. The van der Waals surface area contributed by atoms with Crippen LogP contribution in [-0.4, -0.2) is 44.7 Å². The summed E-state index contributed by atoms with van der Waals surface area (Å²) >= 11 is 17.2. The number of aliphatic hydroxyl groups is 1. The fraction of sp³-hybridized carbons (Fsp3) is 0.875. The standard InChI is InChI=1S/C8H10Cl3NO3/c9-8(10,11)5-12-3-1-2-7(12,4-13)6(14)15-5/h5,13H,1-4H2/t5-,7-/m1/s1. The second-order valence-electron chi connectivity index (χ2n) is 3.79. The third kappa shape index (κ3) is 1.63. The number of esters is 1. The van der Waals surface area contributed by atoms with Gasteiger partial charge in [-0.3, -0.25) is 0 Å². The third-order valence-electron chi connectivity index (χ3n) is 2.96. The van der Waals surface area contributed by atoms with Gasteiger partial charge in [-0.05, 0) is 12.8 Å². The lowest BCUT2D eigenvalue weighted by Gasteiger charge is -2.30. The maximum absolute atomic E-state index is 11.7. The smallest absolute Gasteiger partial charge is 0.330 e. The molecule has 2 aliphatic heterocycles. The van der Waals surface area contributed by atoms with E-state index < -0.39 is 21.5 Å². The van der Waals surface area contributed by atoms with Gasteiger partial charge in [0.15, 0.2) is 0 Å². The van der Waals surface area contributed by atoms with Crippen molar-refractivity contribution < 1.29 is 14.6 Å². The first kappa shape index (κ1) is 11.7. The van der Waals surface area contributed by atoms with Gasteiger partial charge in [0.2, 0.25) is 10.0 Å². The predicted octanol–water partition coefficient (Wildman–Crippen LogP) is 1.07. The van der Waals surface area contributed by atoms with Crippen molar-refractivity contribution in [2.75, 3.05) is 13.2 Å². The monoisotopic (exact) mass is 273 g/mol. The number of carbonyl (C=O) groups excluding carboxylic acids is 1. The summed E-state index contributed by atoms with van der Waals surface area (Å²) < 4.78 is 3.33. The van der Waals surface area contributed by atoms with Crippen LogP contribution in [0.5, 0.6) is 0 Å². The summed E-state index contributed by atoms with van der Waals surface area (Å²) in [5.41, 5.74) is -0.991. The van der Waals surface area contributed by atoms with Gasteiger partial charge < -0.3 is 9.84 Å². The van der Waals surface area contributed by atoms with Gasteiger partial charge in [-0.1, -0.05) is 34.8 Å². The Hall–Kier alpha value is 0.260. The Morgan fingerprint density at radius 2 is 2.27 bits per heavy atom. The summed E-state index contributed by atoms with van der Waals surface area (Å²) in [5.74, 6) is -0.501. The Morgan fingerprint density at radius 3 is 2.80 bits per heavy atom. The lowest BCUT2D eigenvalue weighted by molar-refractivity contribution is -0.146. The Balaban J connectivity index is 2.32. The number of fused-ring (bicyclic) bond motifs is 1. The van der Waals surface area contributed by atoms with Crippen LogP contribution in [0, 0.1) is 0 Å². The van der Waals surface area contributed by atoms with Crippen LogP contribution >= 0.6 is 34.8 Å². The zero-order valence-electron chi connectivity index (χ0n) is 7.75. The molecule has 0 amide bonds. The molecule has 0 aromatic carbocycles. The molecule has 0 aliphatic carbocycles. The van der Waals surface area contributed by atoms with E-state index >= 15 is 0 Å². The molecule has 0 spiro atoms. The van der Waals surface area contributed by atoms with E-state index in [-0.39, 0.29) is 6.61 Å². The molecule has 2 fully saturated rings. The van der Waals surface area contributed by atoms with Gasteiger partial charge in [-0.2, -0.15) is 0 Å².